The van der Waals surface area contributed by atoms with Crippen LogP contribution in [0.25, 0.3) is 0 Å². The first-order valence-corrected chi connectivity index (χ1v) is 4.24. The van der Waals surface area contributed by atoms with Crippen molar-refractivity contribution in [3.8, 4) is 0 Å². The molecule has 0 aromatic heterocycles. The summed E-state index contributed by atoms with van der Waals surface area (Å²) in [6.07, 6.45) is 2.92. The number of nitrogens with zero attached hydrogens (tertiary/aromatic N) is 1. The largest absolute Gasteiger partial charge is 0.303 e. The smallest absolute Gasteiger partial charge is 0.137 e. The van der Waals surface area contributed by atoms with Crippen molar-refractivity contribution in [3.63, 3.8) is 0 Å². The molecular formula is C6H10INO2. The van der Waals surface area contributed by atoms with E-state index in [1.165, 1.54) is 0 Å². The van der Waals surface area contributed by atoms with Gasteiger partial charge in [0.05, 0.1) is 0 Å². The zero-order valence-electron chi connectivity index (χ0n) is 5.62. The molecule has 1 fully saturated rings. The molecule has 0 aromatic carbocycles. The van der Waals surface area contributed by atoms with E-state index in [2.05, 4.69) is 0 Å². The molecule has 10 heavy (non-hydrogen) atoms. The fourth-order valence-corrected chi connectivity index (χ4v) is 1.47. The molecule has 1 heterocycles. The normalized spacial score (nSPS) is 22.9. The maximum atomic E-state index is 10.3. The molecule has 0 bridgehead atoms. The summed E-state index contributed by atoms with van der Waals surface area (Å²) in [4.78, 5) is 10.3. The molecule has 58 valence electrons. The van der Waals surface area contributed by atoms with Gasteiger partial charge in [0, 0.05) is 19.0 Å². The first-order valence-electron chi connectivity index (χ1n) is 3.35. The molecule has 1 rings (SSSR count). The van der Waals surface area contributed by atoms with Crippen molar-refractivity contribution in [2.24, 2.45) is 5.92 Å². The number of hydrogen-bond donors (Lipinski definition) is 0. The molecule has 4 heteroatoms. The van der Waals surface area contributed by atoms with Crippen LogP contribution in [0.5, 0.6) is 0 Å². The molecule has 1 aliphatic heterocycles. The molecule has 1 saturated heterocycles. The molecule has 0 radical (unpaired) electrons. The molecule has 0 saturated carbocycles. The molecule has 0 unspecified atom stereocenters. The second kappa shape index (κ2) is 4.25. The van der Waals surface area contributed by atoms with Crippen LogP contribution in [0.1, 0.15) is 12.8 Å². The van der Waals surface area contributed by atoms with Gasteiger partial charge in [0.15, 0.2) is 0 Å². The number of hydroxylamine groups is 2. The molecule has 0 amide bonds. The van der Waals surface area contributed by atoms with Crippen molar-refractivity contribution in [3.05, 3.63) is 0 Å². The van der Waals surface area contributed by atoms with Gasteiger partial charge in [0.25, 0.3) is 0 Å². The Bertz CT molecular complexity index is 112. The van der Waals surface area contributed by atoms with Crippen molar-refractivity contribution < 1.29 is 7.96 Å². The van der Waals surface area contributed by atoms with Gasteiger partial charge in [-0.3, -0.25) is 0 Å². The zero-order valence-corrected chi connectivity index (χ0v) is 7.78. The number of carbonyl (C=O) groups is 1. The summed E-state index contributed by atoms with van der Waals surface area (Å²) in [5, 5.41) is 1.88. The maximum Gasteiger partial charge on any atom is 0.137 e. The quantitative estimate of drug-likeness (QED) is 0.548. The van der Waals surface area contributed by atoms with E-state index in [9.17, 15) is 4.79 Å². The SMILES string of the molecule is O=CC1CCN(OI)CC1. The number of halogens is 1. The van der Waals surface area contributed by atoms with E-state index in [0.29, 0.717) is 0 Å². The van der Waals surface area contributed by atoms with E-state index in [1.807, 2.05) is 28.1 Å². The van der Waals surface area contributed by atoms with Gasteiger partial charge in [-0.1, -0.05) is 0 Å². The topological polar surface area (TPSA) is 29.5 Å². The Morgan fingerprint density at radius 1 is 1.50 bits per heavy atom. The van der Waals surface area contributed by atoms with Crippen molar-refractivity contribution >= 4 is 29.3 Å². The number of hydrogen-bond acceptors (Lipinski definition) is 3. The standard InChI is InChI=1S/C6H10INO2/c7-10-8-3-1-6(5-9)2-4-8/h5-6H,1-4H2. The van der Waals surface area contributed by atoms with E-state index in [1.54, 1.807) is 0 Å². The first-order chi connectivity index (χ1) is 4.86. The lowest BCUT2D eigenvalue weighted by Gasteiger charge is -2.25. The summed E-state index contributed by atoms with van der Waals surface area (Å²) in [6, 6.07) is 0. The predicted molar refractivity (Wildman–Crippen MR) is 45.5 cm³/mol. The molecule has 0 aromatic rings. The summed E-state index contributed by atoms with van der Waals surface area (Å²) in [5.74, 6) is 0.266. The van der Waals surface area contributed by atoms with Crippen LogP contribution >= 0.6 is 23.0 Å². The highest BCUT2D eigenvalue weighted by molar-refractivity contribution is 14.1. The monoisotopic (exact) mass is 255 g/mol. The van der Waals surface area contributed by atoms with E-state index >= 15 is 0 Å². The molecule has 3 nitrogen and oxygen atoms in total. The van der Waals surface area contributed by atoms with Gasteiger partial charge in [0.2, 0.25) is 0 Å². The van der Waals surface area contributed by atoms with Crippen LogP contribution in [0.4, 0.5) is 0 Å². The Labute approximate surface area is 74.4 Å². The maximum absolute atomic E-state index is 10.3. The van der Waals surface area contributed by atoms with Gasteiger partial charge >= 0.3 is 0 Å². The third-order valence-corrected chi connectivity index (χ3v) is 2.35. The second-order valence-corrected chi connectivity index (χ2v) is 2.87. The van der Waals surface area contributed by atoms with Crippen molar-refractivity contribution in [1.82, 2.24) is 5.06 Å². The van der Waals surface area contributed by atoms with Gasteiger partial charge in [0.1, 0.15) is 29.3 Å². The number of rotatable bonds is 2. The molecular weight excluding hydrogens is 245 g/mol. The van der Waals surface area contributed by atoms with Crippen LogP contribution in [-0.4, -0.2) is 24.4 Å². The Morgan fingerprint density at radius 2 is 2.10 bits per heavy atom. The van der Waals surface area contributed by atoms with E-state index in [4.69, 9.17) is 3.17 Å². The van der Waals surface area contributed by atoms with E-state index in [0.717, 1.165) is 32.2 Å². The summed E-state index contributed by atoms with van der Waals surface area (Å²) < 4.78 is 4.97. The Hall–Kier alpha value is 0.320. The third kappa shape index (κ3) is 2.17. The Morgan fingerprint density at radius 3 is 2.50 bits per heavy atom. The van der Waals surface area contributed by atoms with Gasteiger partial charge in [-0.25, -0.2) is 3.17 Å². The fraction of sp³-hybridized carbons (Fsp3) is 0.833. The lowest BCUT2D eigenvalue weighted by molar-refractivity contribution is -0.115. The lowest BCUT2D eigenvalue weighted by Crippen LogP contribution is -2.31. The predicted octanol–water partition coefficient (Wildman–Crippen LogP) is 1.18. The van der Waals surface area contributed by atoms with Crippen molar-refractivity contribution in [1.29, 1.82) is 0 Å². The minimum Gasteiger partial charge on any atom is -0.303 e. The van der Waals surface area contributed by atoms with Crippen LogP contribution < -0.4 is 0 Å². The Kier molecular flexibility index (Phi) is 3.58. The van der Waals surface area contributed by atoms with Crippen LogP contribution in [0.3, 0.4) is 0 Å². The average Bonchev–Trinajstić information content (AvgIpc) is 2.05. The number of piperidine rings is 1. The van der Waals surface area contributed by atoms with Gasteiger partial charge < -0.3 is 4.79 Å². The highest BCUT2D eigenvalue weighted by atomic mass is 127. The summed E-state index contributed by atoms with van der Waals surface area (Å²) in [5.41, 5.74) is 0. The lowest BCUT2D eigenvalue weighted by atomic mass is 10.0. The molecule has 0 spiro atoms. The van der Waals surface area contributed by atoms with E-state index in [-0.39, 0.29) is 5.92 Å². The first kappa shape index (κ1) is 8.42. The molecule has 0 N–H and O–H groups in total. The third-order valence-electron chi connectivity index (χ3n) is 1.79. The van der Waals surface area contributed by atoms with Crippen molar-refractivity contribution in [2.45, 2.75) is 12.8 Å². The number of aldehydes is 1. The average molecular weight is 255 g/mol. The van der Waals surface area contributed by atoms with E-state index < -0.39 is 0 Å². The van der Waals surface area contributed by atoms with Crippen LogP contribution in [-0.2, 0) is 7.96 Å². The summed E-state index contributed by atoms with van der Waals surface area (Å²) in [7, 11) is 0. The van der Waals surface area contributed by atoms with Crippen LogP contribution in [0.2, 0.25) is 0 Å². The fourth-order valence-electron chi connectivity index (χ4n) is 1.08. The Balaban J connectivity index is 2.23. The number of carbonyl (C=O) groups excluding carboxylic acids is 1. The molecule has 0 atom stereocenters. The van der Waals surface area contributed by atoms with Crippen LogP contribution in [0, 0.1) is 5.92 Å². The minimum atomic E-state index is 0.266. The van der Waals surface area contributed by atoms with Crippen LogP contribution in [0.15, 0.2) is 0 Å². The highest BCUT2D eigenvalue weighted by Crippen LogP contribution is 2.15. The molecule has 0 aliphatic carbocycles. The van der Waals surface area contributed by atoms with Gasteiger partial charge in [-0.05, 0) is 12.8 Å². The minimum absolute atomic E-state index is 0.266. The summed E-state index contributed by atoms with van der Waals surface area (Å²) in [6.45, 7) is 1.76. The second-order valence-electron chi connectivity index (χ2n) is 2.47. The highest BCUT2D eigenvalue weighted by Gasteiger charge is 2.17. The van der Waals surface area contributed by atoms with Gasteiger partial charge in [-0.15, -0.1) is 0 Å². The zero-order chi connectivity index (χ0) is 7.40. The molecule has 1 aliphatic rings. The van der Waals surface area contributed by atoms with Crippen molar-refractivity contribution in [2.75, 3.05) is 13.1 Å². The van der Waals surface area contributed by atoms with Gasteiger partial charge in [-0.2, -0.15) is 5.06 Å². The summed E-state index contributed by atoms with van der Waals surface area (Å²) >= 11 is 1.86.